The summed E-state index contributed by atoms with van der Waals surface area (Å²) < 4.78 is 5.21. The van der Waals surface area contributed by atoms with Gasteiger partial charge in [0.1, 0.15) is 5.41 Å². The fourth-order valence-corrected chi connectivity index (χ4v) is 2.27. The molecule has 2 unspecified atom stereocenters. The third-order valence-corrected chi connectivity index (χ3v) is 3.99. The first-order chi connectivity index (χ1) is 9.47. The number of urea groups is 1. The molecule has 0 aromatic heterocycles. The first-order valence-corrected chi connectivity index (χ1v) is 6.77. The molecule has 2 rings (SSSR count). The third-order valence-electron chi connectivity index (χ3n) is 3.99. The standard InChI is InChI=1S/C14H20N2O4/c1-3-6-16(7-10-4-5-10)13(19)15-11-8-20-9-14(11,2)12(17)18/h1,10-11H,4-9H2,2H3,(H,15,19)(H,17,18). The van der Waals surface area contributed by atoms with E-state index in [-0.39, 0.29) is 25.8 Å². The van der Waals surface area contributed by atoms with E-state index >= 15 is 0 Å². The highest BCUT2D eigenvalue weighted by molar-refractivity contribution is 5.79. The molecule has 1 aliphatic heterocycles. The average molecular weight is 280 g/mol. The maximum absolute atomic E-state index is 12.2. The number of nitrogens with zero attached hydrogens (tertiary/aromatic N) is 1. The summed E-state index contributed by atoms with van der Waals surface area (Å²) in [5.74, 6) is 2.03. The van der Waals surface area contributed by atoms with Gasteiger partial charge in [-0.15, -0.1) is 6.42 Å². The zero-order valence-electron chi connectivity index (χ0n) is 11.6. The normalized spacial score (nSPS) is 28.7. The van der Waals surface area contributed by atoms with Crippen molar-refractivity contribution in [3.8, 4) is 12.3 Å². The number of hydrogen-bond acceptors (Lipinski definition) is 3. The zero-order chi connectivity index (χ0) is 14.8. The van der Waals surface area contributed by atoms with Gasteiger partial charge in [0.25, 0.3) is 0 Å². The Morgan fingerprint density at radius 1 is 1.55 bits per heavy atom. The lowest BCUT2D eigenvalue weighted by Gasteiger charge is -2.28. The van der Waals surface area contributed by atoms with Crippen molar-refractivity contribution in [1.29, 1.82) is 0 Å². The number of carbonyl (C=O) groups excluding carboxylic acids is 1. The van der Waals surface area contributed by atoms with E-state index in [4.69, 9.17) is 11.2 Å². The number of aliphatic carboxylic acids is 1. The average Bonchev–Trinajstić information content (AvgIpc) is 3.13. The van der Waals surface area contributed by atoms with Gasteiger partial charge in [0.2, 0.25) is 0 Å². The summed E-state index contributed by atoms with van der Waals surface area (Å²) in [6.45, 7) is 2.76. The summed E-state index contributed by atoms with van der Waals surface area (Å²) in [4.78, 5) is 25.1. The van der Waals surface area contributed by atoms with Crippen molar-refractivity contribution in [3.05, 3.63) is 0 Å². The largest absolute Gasteiger partial charge is 0.481 e. The van der Waals surface area contributed by atoms with Crippen molar-refractivity contribution in [1.82, 2.24) is 10.2 Å². The number of carbonyl (C=O) groups is 2. The molecule has 6 heteroatoms. The van der Waals surface area contributed by atoms with Gasteiger partial charge in [-0.3, -0.25) is 4.79 Å². The van der Waals surface area contributed by atoms with Gasteiger partial charge in [-0.1, -0.05) is 5.92 Å². The van der Waals surface area contributed by atoms with Crippen molar-refractivity contribution >= 4 is 12.0 Å². The van der Waals surface area contributed by atoms with Gasteiger partial charge in [-0.2, -0.15) is 0 Å². The minimum Gasteiger partial charge on any atom is -0.481 e. The molecule has 1 heterocycles. The van der Waals surface area contributed by atoms with E-state index in [1.54, 1.807) is 11.8 Å². The van der Waals surface area contributed by atoms with E-state index in [0.717, 1.165) is 12.8 Å². The molecule has 1 aliphatic carbocycles. The topological polar surface area (TPSA) is 78.9 Å². The summed E-state index contributed by atoms with van der Waals surface area (Å²) in [5.41, 5.74) is -1.09. The Morgan fingerprint density at radius 3 is 2.80 bits per heavy atom. The van der Waals surface area contributed by atoms with Crippen LogP contribution in [0, 0.1) is 23.7 Å². The number of amides is 2. The molecule has 20 heavy (non-hydrogen) atoms. The smallest absolute Gasteiger partial charge is 0.318 e. The number of rotatable bonds is 5. The van der Waals surface area contributed by atoms with Crippen LogP contribution in [0.1, 0.15) is 19.8 Å². The van der Waals surface area contributed by atoms with Gasteiger partial charge in [-0.05, 0) is 25.7 Å². The Balaban J connectivity index is 1.98. The van der Waals surface area contributed by atoms with Crippen molar-refractivity contribution < 1.29 is 19.4 Å². The summed E-state index contributed by atoms with van der Waals surface area (Å²) in [5, 5.41) is 12.0. The maximum Gasteiger partial charge on any atom is 0.318 e. The minimum absolute atomic E-state index is 0.102. The van der Waals surface area contributed by atoms with Crippen LogP contribution in [0.4, 0.5) is 4.79 Å². The summed E-state index contributed by atoms with van der Waals surface area (Å²) in [6, 6.07) is -0.843. The number of carboxylic acid groups (broad SMARTS) is 1. The van der Waals surface area contributed by atoms with E-state index in [0.29, 0.717) is 12.5 Å². The Hall–Kier alpha value is -1.74. The fourth-order valence-electron chi connectivity index (χ4n) is 2.27. The van der Waals surface area contributed by atoms with Crippen LogP contribution in [-0.4, -0.2) is 54.4 Å². The van der Waals surface area contributed by atoms with Crippen LogP contribution in [0.15, 0.2) is 0 Å². The van der Waals surface area contributed by atoms with Crippen molar-refractivity contribution in [3.63, 3.8) is 0 Å². The van der Waals surface area contributed by atoms with Gasteiger partial charge in [-0.25, -0.2) is 4.79 Å². The number of terminal acetylenes is 1. The second-order valence-electron chi connectivity index (χ2n) is 5.77. The maximum atomic E-state index is 12.2. The first-order valence-electron chi connectivity index (χ1n) is 6.77. The molecule has 0 aromatic rings. The number of ether oxygens (including phenoxy) is 1. The highest BCUT2D eigenvalue weighted by atomic mass is 16.5. The predicted molar refractivity (Wildman–Crippen MR) is 72.0 cm³/mol. The van der Waals surface area contributed by atoms with Crippen LogP contribution >= 0.6 is 0 Å². The molecule has 6 nitrogen and oxygen atoms in total. The van der Waals surface area contributed by atoms with Crippen LogP contribution < -0.4 is 5.32 Å². The van der Waals surface area contributed by atoms with Crippen molar-refractivity contribution in [2.24, 2.45) is 11.3 Å². The summed E-state index contributed by atoms with van der Waals surface area (Å²) >= 11 is 0. The quantitative estimate of drug-likeness (QED) is 0.720. The first kappa shape index (κ1) is 14.7. The molecular weight excluding hydrogens is 260 g/mol. The van der Waals surface area contributed by atoms with E-state index in [2.05, 4.69) is 11.2 Å². The lowest BCUT2D eigenvalue weighted by atomic mass is 9.85. The fraction of sp³-hybridized carbons (Fsp3) is 0.714. The van der Waals surface area contributed by atoms with Crippen LogP contribution in [0.2, 0.25) is 0 Å². The second kappa shape index (κ2) is 5.71. The van der Waals surface area contributed by atoms with Gasteiger partial charge >= 0.3 is 12.0 Å². The van der Waals surface area contributed by atoms with Crippen LogP contribution in [0.25, 0.3) is 0 Å². The zero-order valence-corrected chi connectivity index (χ0v) is 11.6. The Bertz CT molecular complexity index is 441. The predicted octanol–water partition coefficient (Wildman–Crippen LogP) is 0.531. The van der Waals surface area contributed by atoms with Gasteiger partial charge in [0, 0.05) is 6.54 Å². The van der Waals surface area contributed by atoms with Crippen LogP contribution in [0.5, 0.6) is 0 Å². The molecule has 2 atom stereocenters. The molecule has 2 N–H and O–H groups in total. The lowest BCUT2D eigenvalue weighted by Crippen LogP contribution is -2.53. The number of nitrogens with one attached hydrogen (secondary N) is 1. The summed E-state index contributed by atoms with van der Waals surface area (Å²) in [7, 11) is 0. The molecule has 0 spiro atoms. The number of hydrogen-bond donors (Lipinski definition) is 2. The molecule has 110 valence electrons. The van der Waals surface area contributed by atoms with Gasteiger partial charge in [0.15, 0.2) is 0 Å². The Labute approximate surface area is 118 Å². The SMILES string of the molecule is C#CCN(CC1CC1)C(=O)NC1COCC1(C)C(=O)O. The van der Waals surface area contributed by atoms with Crippen LogP contribution in [-0.2, 0) is 9.53 Å². The molecular formula is C14H20N2O4. The van der Waals surface area contributed by atoms with E-state index in [1.807, 2.05) is 0 Å². The van der Waals surface area contributed by atoms with Crippen molar-refractivity contribution in [2.45, 2.75) is 25.8 Å². The molecule has 2 amide bonds. The lowest BCUT2D eigenvalue weighted by molar-refractivity contribution is -0.148. The number of carboxylic acids is 1. The summed E-state index contributed by atoms with van der Waals surface area (Å²) in [6.07, 6.45) is 7.52. The van der Waals surface area contributed by atoms with Crippen molar-refractivity contribution in [2.75, 3.05) is 26.3 Å². The monoisotopic (exact) mass is 280 g/mol. The van der Waals surface area contributed by atoms with E-state index < -0.39 is 17.4 Å². The molecule has 2 fully saturated rings. The van der Waals surface area contributed by atoms with Crippen LogP contribution in [0.3, 0.4) is 0 Å². The second-order valence-corrected chi connectivity index (χ2v) is 5.77. The molecule has 1 saturated heterocycles. The Kier molecular flexibility index (Phi) is 4.19. The minimum atomic E-state index is -1.09. The molecule has 0 aromatic carbocycles. The Morgan fingerprint density at radius 2 is 2.25 bits per heavy atom. The molecule has 0 bridgehead atoms. The van der Waals surface area contributed by atoms with E-state index in [9.17, 15) is 14.7 Å². The van der Waals surface area contributed by atoms with E-state index in [1.165, 1.54) is 0 Å². The highest BCUT2D eigenvalue weighted by Gasteiger charge is 2.47. The van der Waals surface area contributed by atoms with Gasteiger partial charge in [0.05, 0.1) is 25.8 Å². The molecule has 1 saturated carbocycles. The third kappa shape index (κ3) is 3.05. The molecule has 0 radical (unpaired) electrons. The molecule has 2 aliphatic rings. The van der Waals surface area contributed by atoms with Gasteiger partial charge < -0.3 is 20.1 Å². The highest BCUT2D eigenvalue weighted by Crippen LogP contribution is 2.31.